The number of anilines is 2. The largest absolute Gasteiger partial charge is 0.493 e. The van der Waals surface area contributed by atoms with Crippen molar-refractivity contribution in [2.75, 3.05) is 36.9 Å². The summed E-state index contributed by atoms with van der Waals surface area (Å²) in [5.74, 6) is -0.411. The van der Waals surface area contributed by atoms with Gasteiger partial charge in [0.25, 0.3) is 15.9 Å². The number of nitrogens with zero attached hydrogens (tertiary/aromatic N) is 1. The Morgan fingerprint density at radius 1 is 0.946 bits per heavy atom. The maximum atomic E-state index is 13.7. The fraction of sp³-hybridized carbons (Fsp3) is 0.231. The summed E-state index contributed by atoms with van der Waals surface area (Å²) < 4.78 is 38.9. The second kappa shape index (κ2) is 12.5. The van der Waals surface area contributed by atoms with Crippen molar-refractivity contribution in [1.82, 2.24) is 5.32 Å². The van der Waals surface area contributed by atoms with E-state index in [1.54, 1.807) is 24.3 Å². The number of sulfonamides is 1. The van der Waals surface area contributed by atoms with Crippen LogP contribution in [-0.4, -0.2) is 47.5 Å². The monoisotopic (exact) mass is 545 g/mol. The molecule has 0 aliphatic carbocycles. The van der Waals surface area contributed by atoms with Crippen LogP contribution in [0.15, 0.2) is 71.6 Å². The zero-order valence-corrected chi connectivity index (χ0v) is 22.2. The van der Waals surface area contributed by atoms with Crippen molar-refractivity contribution in [2.24, 2.45) is 0 Å². The second-order valence-electron chi connectivity index (χ2n) is 7.85. The molecule has 0 radical (unpaired) electrons. The SMILES string of the molecule is CCCNC(=O)c1ccccc1NC(=O)CN(c1ccc(Cl)cc1)S(=O)(=O)c1ccc(OC)c(OC)c1. The van der Waals surface area contributed by atoms with E-state index in [1.807, 2.05) is 6.92 Å². The fourth-order valence-corrected chi connectivity index (χ4v) is 5.03. The number of amides is 2. The first-order valence-corrected chi connectivity index (χ1v) is 13.2. The van der Waals surface area contributed by atoms with Crippen LogP contribution < -0.4 is 24.4 Å². The van der Waals surface area contributed by atoms with E-state index in [-0.39, 0.29) is 33.5 Å². The number of para-hydroxylation sites is 1. The Kier molecular flexibility index (Phi) is 9.37. The summed E-state index contributed by atoms with van der Waals surface area (Å²) in [6.45, 7) is 1.84. The molecule has 0 saturated carbocycles. The fourth-order valence-electron chi connectivity index (χ4n) is 3.47. The molecule has 0 heterocycles. The van der Waals surface area contributed by atoms with Gasteiger partial charge in [0.2, 0.25) is 5.91 Å². The van der Waals surface area contributed by atoms with Gasteiger partial charge >= 0.3 is 0 Å². The normalized spacial score (nSPS) is 10.9. The van der Waals surface area contributed by atoms with Crippen LogP contribution in [0.3, 0.4) is 0 Å². The molecule has 2 amide bonds. The van der Waals surface area contributed by atoms with E-state index < -0.39 is 22.5 Å². The molecular formula is C26H28ClN3O6S. The Balaban J connectivity index is 1.96. The number of nitrogens with one attached hydrogen (secondary N) is 2. The molecule has 3 aromatic rings. The van der Waals surface area contributed by atoms with Gasteiger partial charge in [-0.15, -0.1) is 0 Å². The number of hydrogen-bond acceptors (Lipinski definition) is 6. The first kappa shape index (κ1) is 27.8. The molecule has 0 aromatic heterocycles. The minimum Gasteiger partial charge on any atom is -0.493 e. The molecule has 0 aliphatic heterocycles. The number of carbonyl (C=O) groups is 2. The molecule has 3 rings (SSSR count). The van der Waals surface area contributed by atoms with Crippen LogP contribution in [0.1, 0.15) is 23.7 Å². The molecule has 0 atom stereocenters. The third-order valence-corrected chi connectivity index (χ3v) is 7.35. The number of halogens is 1. The number of ether oxygens (including phenoxy) is 2. The molecule has 196 valence electrons. The lowest BCUT2D eigenvalue weighted by atomic mass is 10.1. The molecule has 0 unspecified atom stereocenters. The second-order valence-corrected chi connectivity index (χ2v) is 10.2. The smallest absolute Gasteiger partial charge is 0.264 e. The maximum Gasteiger partial charge on any atom is 0.264 e. The predicted octanol–water partition coefficient (Wildman–Crippen LogP) is 4.33. The van der Waals surface area contributed by atoms with Crippen LogP contribution in [0.5, 0.6) is 11.5 Å². The summed E-state index contributed by atoms with van der Waals surface area (Å²) in [5, 5.41) is 5.84. The molecule has 0 aliphatic rings. The summed E-state index contributed by atoms with van der Waals surface area (Å²) in [5.41, 5.74) is 0.758. The van der Waals surface area contributed by atoms with Crippen molar-refractivity contribution < 1.29 is 27.5 Å². The van der Waals surface area contributed by atoms with E-state index in [1.165, 1.54) is 56.7 Å². The minimum absolute atomic E-state index is 0.104. The zero-order valence-electron chi connectivity index (χ0n) is 20.7. The van der Waals surface area contributed by atoms with Gasteiger partial charge in [-0.05, 0) is 55.0 Å². The van der Waals surface area contributed by atoms with Crippen LogP contribution in [-0.2, 0) is 14.8 Å². The van der Waals surface area contributed by atoms with Gasteiger partial charge in [-0.25, -0.2) is 8.42 Å². The lowest BCUT2D eigenvalue weighted by Gasteiger charge is -2.25. The summed E-state index contributed by atoms with van der Waals surface area (Å²) in [6, 6.07) is 16.7. The number of carbonyl (C=O) groups excluding carboxylic acids is 2. The standard InChI is InChI=1S/C26H28ClN3O6S/c1-4-15-28-26(32)21-7-5-6-8-22(21)29-25(31)17-30(19-11-9-18(27)10-12-19)37(33,34)20-13-14-23(35-2)24(16-20)36-3/h5-14,16H,4,15,17H2,1-3H3,(H,28,32)(H,29,31). The predicted molar refractivity (Wildman–Crippen MR) is 143 cm³/mol. The van der Waals surface area contributed by atoms with Crippen molar-refractivity contribution >= 4 is 44.8 Å². The lowest BCUT2D eigenvalue weighted by Crippen LogP contribution is -2.38. The van der Waals surface area contributed by atoms with E-state index >= 15 is 0 Å². The number of methoxy groups -OCH3 is 2. The molecule has 0 bridgehead atoms. The zero-order chi connectivity index (χ0) is 27.0. The molecule has 9 nitrogen and oxygen atoms in total. The van der Waals surface area contributed by atoms with Gasteiger partial charge in [0, 0.05) is 17.6 Å². The third-order valence-electron chi connectivity index (χ3n) is 5.33. The summed E-state index contributed by atoms with van der Waals surface area (Å²) >= 11 is 6.00. The lowest BCUT2D eigenvalue weighted by molar-refractivity contribution is -0.114. The highest BCUT2D eigenvalue weighted by molar-refractivity contribution is 7.92. The van der Waals surface area contributed by atoms with Gasteiger partial charge in [0.05, 0.1) is 36.1 Å². The van der Waals surface area contributed by atoms with Crippen LogP contribution in [0.4, 0.5) is 11.4 Å². The van der Waals surface area contributed by atoms with E-state index in [4.69, 9.17) is 21.1 Å². The summed E-state index contributed by atoms with van der Waals surface area (Å²) in [7, 11) is -1.40. The molecule has 0 saturated heterocycles. The quantitative estimate of drug-likeness (QED) is 0.371. The Morgan fingerprint density at radius 2 is 1.62 bits per heavy atom. The third kappa shape index (κ3) is 6.72. The Bertz CT molecular complexity index is 1360. The van der Waals surface area contributed by atoms with Gasteiger partial charge in [0.1, 0.15) is 6.54 Å². The van der Waals surface area contributed by atoms with Gasteiger partial charge < -0.3 is 20.1 Å². The van der Waals surface area contributed by atoms with Crippen LogP contribution in [0, 0.1) is 0 Å². The van der Waals surface area contributed by atoms with E-state index in [9.17, 15) is 18.0 Å². The highest BCUT2D eigenvalue weighted by Crippen LogP contribution is 2.32. The Morgan fingerprint density at radius 3 is 2.27 bits per heavy atom. The average molecular weight is 546 g/mol. The van der Waals surface area contributed by atoms with Crippen molar-refractivity contribution in [3.63, 3.8) is 0 Å². The first-order chi connectivity index (χ1) is 17.7. The minimum atomic E-state index is -4.24. The first-order valence-electron chi connectivity index (χ1n) is 11.4. The van der Waals surface area contributed by atoms with E-state index in [0.717, 1.165) is 10.7 Å². The van der Waals surface area contributed by atoms with Crippen molar-refractivity contribution in [3.8, 4) is 11.5 Å². The number of rotatable bonds is 11. The van der Waals surface area contributed by atoms with Crippen molar-refractivity contribution in [2.45, 2.75) is 18.2 Å². The topological polar surface area (TPSA) is 114 Å². The summed E-state index contributed by atoms with van der Waals surface area (Å²) in [6.07, 6.45) is 0.754. The van der Waals surface area contributed by atoms with Crippen molar-refractivity contribution in [1.29, 1.82) is 0 Å². The Hall–Kier alpha value is -3.76. The number of benzene rings is 3. The molecule has 37 heavy (non-hydrogen) atoms. The molecule has 0 spiro atoms. The van der Waals surface area contributed by atoms with Gasteiger partial charge in [-0.3, -0.25) is 13.9 Å². The maximum absolute atomic E-state index is 13.7. The van der Waals surface area contributed by atoms with Crippen LogP contribution >= 0.6 is 11.6 Å². The molecule has 0 fully saturated rings. The molecular weight excluding hydrogens is 518 g/mol. The van der Waals surface area contributed by atoms with Crippen molar-refractivity contribution in [3.05, 3.63) is 77.3 Å². The molecule has 2 N–H and O–H groups in total. The highest BCUT2D eigenvalue weighted by Gasteiger charge is 2.29. The molecule has 11 heteroatoms. The average Bonchev–Trinajstić information content (AvgIpc) is 2.90. The van der Waals surface area contributed by atoms with Gasteiger partial charge in [-0.2, -0.15) is 0 Å². The van der Waals surface area contributed by atoms with Gasteiger partial charge in [0.15, 0.2) is 11.5 Å². The number of hydrogen-bond donors (Lipinski definition) is 2. The van der Waals surface area contributed by atoms with Crippen LogP contribution in [0.25, 0.3) is 0 Å². The van der Waals surface area contributed by atoms with E-state index in [2.05, 4.69) is 10.6 Å². The molecule has 3 aromatic carbocycles. The van der Waals surface area contributed by atoms with E-state index in [0.29, 0.717) is 17.3 Å². The van der Waals surface area contributed by atoms with Gasteiger partial charge in [-0.1, -0.05) is 30.7 Å². The Labute approximate surface area is 221 Å². The van der Waals surface area contributed by atoms with Crippen LogP contribution in [0.2, 0.25) is 5.02 Å². The summed E-state index contributed by atoms with van der Waals surface area (Å²) in [4.78, 5) is 25.6. The highest BCUT2D eigenvalue weighted by atomic mass is 35.5.